The first-order chi connectivity index (χ1) is 9.25. The second-order valence-electron chi connectivity index (χ2n) is 3.93. The van der Waals surface area contributed by atoms with E-state index < -0.39 is 6.09 Å². The molecule has 2 aromatic rings. The van der Waals surface area contributed by atoms with Crippen LogP contribution in [0.2, 0.25) is 5.28 Å². The molecular formula is C12H9ClN4O2. The summed E-state index contributed by atoms with van der Waals surface area (Å²) in [5, 5.41) is 0.0853. The van der Waals surface area contributed by atoms with E-state index >= 15 is 0 Å². The molecule has 3 rings (SSSR count). The third-order valence-electron chi connectivity index (χ3n) is 2.80. The summed E-state index contributed by atoms with van der Waals surface area (Å²) in [6.07, 6.45) is 4.41. The number of carbonyl (C=O) groups is 1. The Morgan fingerprint density at radius 2 is 2.26 bits per heavy atom. The van der Waals surface area contributed by atoms with Crippen molar-refractivity contribution in [1.29, 1.82) is 0 Å². The van der Waals surface area contributed by atoms with E-state index in [1.807, 2.05) is 12.1 Å². The zero-order chi connectivity index (χ0) is 13.2. The number of rotatable bonds is 2. The molecule has 1 unspecified atom stereocenters. The van der Waals surface area contributed by atoms with Crippen molar-refractivity contribution in [3.05, 3.63) is 47.6 Å². The Kier molecular flexibility index (Phi) is 3.00. The SMILES string of the molecule is O=C1OCC(c2cccnc2)N1c1ccnc(Cl)n1. The van der Waals surface area contributed by atoms with Gasteiger partial charge in [0.2, 0.25) is 5.28 Å². The van der Waals surface area contributed by atoms with Crippen LogP contribution < -0.4 is 4.90 Å². The quantitative estimate of drug-likeness (QED) is 0.787. The number of ether oxygens (including phenoxy) is 1. The highest BCUT2D eigenvalue weighted by atomic mass is 35.5. The van der Waals surface area contributed by atoms with Gasteiger partial charge in [0.15, 0.2) is 0 Å². The maximum atomic E-state index is 11.8. The van der Waals surface area contributed by atoms with Crippen molar-refractivity contribution in [2.24, 2.45) is 0 Å². The minimum absolute atomic E-state index is 0.0853. The van der Waals surface area contributed by atoms with Crippen LogP contribution in [0, 0.1) is 0 Å². The molecule has 1 saturated heterocycles. The van der Waals surface area contributed by atoms with Crippen molar-refractivity contribution >= 4 is 23.5 Å². The van der Waals surface area contributed by atoms with Crippen LogP contribution >= 0.6 is 11.6 Å². The summed E-state index contributed by atoms with van der Waals surface area (Å²) in [6.45, 7) is 0.256. The van der Waals surface area contributed by atoms with Crippen molar-refractivity contribution in [3.63, 3.8) is 0 Å². The number of amides is 1. The van der Waals surface area contributed by atoms with Gasteiger partial charge in [0.05, 0.1) is 0 Å². The third-order valence-corrected chi connectivity index (χ3v) is 2.98. The summed E-state index contributed by atoms with van der Waals surface area (Å²) in [4.78, 5) is 25.2. The smallest absolute Gasteiger partial charge is 0.416 e. The van der Waals surface area contributed by atoms with Crippen LogP contribution in [0.4, 0.5) is 10.6 Å². The van der Waals surface area contributed by atoms with E-state index in [0.29, 0.717) is 5.82 Å². The third kappa shape index (κ3) is 2.22. The summed E-state index contributed by atoms with van der Waals surface area (Å²) >= 11 is 5.75. The average Bonchev–Trinajstić information content (AvgIpc) is 2.82. The number of hydrogen-bond acceptors (Lipinski definition) is 5. The molecule has 0 bridgehead atoms. The zero-order valence-corrected chi connectivity index (χ0v) is 10.5. The number of hydrogen-bond donors (Lipinski definition) is 0. The molecule has 0 aliphatic carbocycles. The van der Waals surface area contributed by atoms with Crippen LogP contribution in [-0.4, -0.2) is 27.7 Å². The van der Waals surface area contributed by atoms with Crippen molar-refractivity contribution in [2.75, 3.05) is 11.5 Å². The number of cyclic esters (lactones) is 1. The molecule has 1 aliphatic rings. The molecule has 7 heteroatoms. The molecule has 1 aliphatic heterocycles. The lowest BCUT2D eigenvalue weighted by Crippen LogP contribution is -2.28. The maximum absolute atomic E-state index is 11.8. The first-order valence-corrected chi connectivity index (χ1v) is 5.98. The van der Waals surface area contributed by atoms with E-state index in [2.05, 4.69) is 15.0 Å². The van der Waals surface area contributed by atoms with Crippen molar-refractivity contribution in [2.45, 2.75) is 6.04 Å². The van der Waals surface area contributed by atoms with E-state index in [0.717, 1.165) is 5.56 Å². The van der Waals surface area contributed by atoms with Crippen LogP contribution in [0.3, 0.4) is 0 Å². The second kappa shape index (κ2) is 4.81. The van der Waals surface area contributed by atoms with Gasteiger partial charge in [-0.1, -0.05) is 6.07 Å². The number of halogens is 1. The maximum Gasteiger partial charge on any atom is 0.416 e. The van der Waals surface area contributed by atoms with Crippen molar-refractivity contribution in [3.8, 4) is 0 Å². The Balaban J connectivity index is 2.00. The molecule has 0 radical (unpaired) electrons. The molecule has 19 heavy (non-hydrogen) atoms. The van der Waals surface area contributed by atoms with Gasteiger partial charge in [-0.05, 0) is 29.3 Å². The van der Waals surface area contributed by atoms with Crippen molar-refractivity contribution in [1.82, 2.24) is 15.0 Å². The van der Waals surface area contributed by atoms with Gasteiger partial charge in [-0.3, -0.25) is 9.88 Å². The number of aromatic nitrogens is 3. The monoisotopic (exact) mass is 276 g/mol. The lowest BCUT2D eigenvalue weighted by Gasteiger charge is -2.20. The summed E-state index contributed by atoms with van der Waals surface area (Å²) in [6, 6.07) is 5.05. The predicted octanol–water partition coefficient (Wildman–Crippen LogP) is 2.22. The van der Waals surface area contributed by atoms with Gasteiger partial charge in [-0.15, -0.1) is 0 Å². The van der Waals surface area contributed by atoms with Crippen LogP contribution in [0.1, 0.15) is 11.6 Å². The van der Waals surface area contributed by atoms with E-state index in [1.165, 1.54) is 11.1 Å². The van der Waals surface area contributed by atoms with Gasteiger partial charge in [-0.2, -0.15) is 0 Å². The molecule has 1 amide bonds. The van der Waals surface area contributed by atoms with Crippen molar-refractivity contribution < 1.29 is 9.53 Å². The molecule has 96 valence electrons. The van der Waals surface area contributed by atoms with E-state index in [-0.39, 0.29) is 17.9 Å². The lowest BCUT2D eigenvalue weighted by atomic mass is 10.1. The molecule has 1 atom stereocenters. The topological polar surface area (TPSA) is 68.2 Å². The molecule has 3 heterocycles. The Morgan fingerprint density at radius 3 is 3.00 bits per heavy atom. The Bertz CT molecular complexity index is 608. The standard InChI is InChI=1S/C12H9ClN4O2/c13-11-15-5-3-10(16-11)17-9(7-19-12(17)18)8-2-1-4-14-6-8/h1-6,9H,7H2. The minimum atomic E-state index is -0.455. The largest absolute Gasteiger partial charge is 0.447 e. The number of pyridine rings is 1. The van der Waals surface area contributed by atoms with Crippen LogP contribution in [-0.2, 0) is 4.74 Å². The van der Waals surface area contributed by atoms with E-state index in [9.17, 15) is 4.79 Å². The minimum Gasteiger partial charge on any atom is -0.447 e. The van der Waals surface area contributed by atoms with Gasteiger partial charge in [-0.25, -0.2) is 14.8 Å². The number of anilines is 1. The lowest BCUT2D eigenvalue weighted by molar-refractivity contribution is 0.179. The van der Waals surface area contributed by atoms with E-state index in [4.69, 9.17) is 16.3 Å². The highest BCUT2D eigenvalue weighted by Crippen LogP contribution is 2.31. The van der Waals surface area contributed by atoms with Gasteiger partial charge < -0.3 is 4.74 Å². The molecule has 0 aromatic carbocycles. The van der Waals surface area contributed by atoms with Gasteiger partial charge >= 0.3 is 6.09 Å². The fraction of sp³-hybridized carbons (Fsp3) is 0.167. The molecule has 0 spiro atoms. The molecule has 0 N–H and O–H groups in total. The molecular weight excluding hydrogens is 268 g/mol. The van der Waals surface area contributed by atoms with Crippen LogP contribution in [0.25, 0.3) is 0 Å². The summed E-state index contributed by atoms with van der Waals surface area (Å²) in [5.74, 6) is 0.413. The van der Waals surface area contributed by atoms with Crippen LogP contribution in [0.5, 0.6) is 0 Å². The second-order valence-corrected chi connectivity index (χ2v) is 4.27. The zero-order valence-electron chi connectivity index (χ0n) is 9.73. The molecule has 2 aromatic heterocycles. The normalized spacial score (nSPS) is 18.5. The summed E-state index contributed by atoms with van der Waals surface area (Å²) < 4.78 is 5.08. The highest BCUT2D eigenvalue weighted by Gasteiger charge is 2.36. The van der Waals surface area contributed by atoms with Crippen LogP contribution in [0.15, 0.2) is 36.8 Å². The predicted molar refractivity (Wildman–Crippen MR) is 67.8 cm³/mol. The fourth-order valence-electron chi connectivity index (χ4n) is 1.95. The Hall–Kier alpha value is -2.21. The summed E-state index contributed by atoms with van der Waals surface area (Å²) in [5.41, 5.74) is 0.878. The number of nitrogens with zero attached hydrogens (tertiary/aromatic N) is 4. The summed E-state index contributed by atoms with van der Waals surface area (Å²) in [7, 11) is 0. The van der Waals surface area contributed by atoms with E-state index in [1.54, 1.807) is 18.5 Å². The highest BCUT2D eigenvalue weighted by molar-refractivity contribution is 6.28. The first-order valence-electron chi connectivity index (χ1n) is 5.60. The fourth-order valence-corrected chi connectivity index (χ4v) is 2.10. The Morgan fingerprint density at radius 1 is 1.37 bits per heavy atom. The number of carbonyl (C=O) groups excluding carboxylic acids is 1. The molecule has 6 nitrogen and oxygen atoms in total. The van der Waals surface area contributed by atoms with Gasteiger partial charge in [0.1, 0.15) is 18.5 Å². The average molecular weight is 277 g/mol. The Labute approximate surface area is 114 Å². The van der Waals surface area contributed by atoms with Gasteiger partial charge in [0, 0.05) is 18.6 Å². The molecule has 0 saturated carbocycles. The first kappa shape index (κ1) is 11.9. The molecule has 1 fully saturated rings. The van der Waals surface area contributed by atoms with Gasteiger partial charge in [0.25, 0.3) is 0 Å².